The molecule has 0 aromatic heterocycles. The van der Waals surface area contributed by atoms with Gasteiger partial charge < -0.3 is 15.4 Å². The first-order valence-electron chi connectivity index (χ1n) is 3.56. The van der Waals surface area contributed by atoms with E-state index in [1.165, 1.54) is 14.0 Å². The van der Waals surface area contributed by atoms with Crippen LogP contribution < -0.4 is 10.6 Å². The number of rotatable bonds is 2. The number of ether oxygens (including phenoxy) is 1. The molecule has 0 bridgehead atoms. The van der Waals surface area contributed by atoms with Crippen molar-refractivity contribution in [3.05, 3.63) is 30.3 Å². The van der Waals surface area contributed by atoms with Crippen molar-refractivity contribution in [3.63, 3.8) is 0 Å². The predicted octanol–water partition coefficient (Wildman–Crippen LogP) is 0.259. The van der Waals surface area contributed by atoms with Gasteiger partial charge in [0.05, 0.1) is 5.70 Å². The lowest BCUT2D eigenvalue weighted by atomic mass is 10.3. The molecule has 4 heteroatoms. The molecule has 0 spiro atoms. The molecule has 1 rings (SSSR count). The maximum Gasteiger partial charge on any atom is 0.234 e. The summed E-state index contributed by atoms with van der Waals surface area (Å²) in [6.45, 7) is 1.45. The number of methoxy groups -OCH3 is 1. The number of nitrogens with one attached hydrogen (secondary N) is 2. The van der Waals surface area contributed by atoms with E-state index >= 15 is 0 Å². The second kappa shape index (κ2) is 3.92. The minimum absolute atomic E-state index is 0.118. The van der Waals surface area contributed by atoms with E-state index < -0.39 is 0 Å². The van der Waals surface area contributed by atoms with Crippen LogP contribution in [0.25, 0.3) is 0 Å². The number of dihydropyridines is 1. The number of carbonyl (C=O) groups excluding carboxylic acids is 1. The van der Waals surface area contributed by atoms with Gasteiger partial charge in [0.25, 0.3) is 0 Å². The van der Waals surface area contributed by atoms with E-state index in [1.807, 2.05) is 0 Å². The molecule has 0 aliphatic carbocycles. The summed E-state index contributed by atoms with van der Waals surface area (Å²) >= 11 is 0. The zero-order chi connectivity index (χ0) is 8.97. The van der Waals surface area contributed by atoms with Gasteiger partial charge in [-0.05, 0) is 18.4 Å². The van der Waals surface area contributed by atoms with Crippen molar-refractivity contribution >= 4 is 5.91 Å². The molecule has 65 valence electrons. The Bertz CT molecular complexity index is 233. The van der Waals surface area contributed by atoms with Crippen LogP contribution in [-0.2, 0) is 9.53 Å². The number of carbonyl (C=O) groups is 1. The standard InChI is InChI=1S/C8H11N2O2/c1-6(11)10-7-4-3-5-9-8(7)12-2/h3-5,9H,1-2H3,(H,10,11). The van der Waals surface area contributed by atoms with Crippen molar-refractivity contribution in [2.45, 2.75) is 6.92 Å². The Labute approximate surface area is 71.3 Å². The molecule has 0 saturated heterocycles. The van der Waals surface area contributed by atoms with E-state index in [2.05, 4.69) is 10.6 Å². The molecule has 1 aliphatic heterocycles. The fraction of sp³-hybridized carbons (Fsp3) is 0.250. The molecule has 1 heterocycles. The fourth-order valence-corrected chi connectivity index (χ4v) is 0.879. The molecule has 0 aromatic carbocycles. The SMILES string of the molecule is CO[C]1NC=CC=C1NC(C)=O. The minimum Gasteiger partial charge on any atom is -0.354 e. The van der Waals surface area contributed by atoms with Crippen molar-refractivity contribution in [1.29, 1.82) is 0 Å². The average Bonchev–Trinajstić information content (AvgIpc) is 2.04. The third kappa shape index (κ3) is 2.10. The summed E-state index contributed by atoms with van der Waals surface area (Å²) in [5, 5.41) is 5.48. The molecule has 12 heavy (non-hydrogen) atoms. The Kier molecular flexibility index (Phi) is 2.88. The number of hydrogen-bond donors (Lipinski definition) is 2. The molecule has 1 amide bonds. The van der Waals surface area contributed by atoms with Crippen LogP contribution in [0.1, 0.15) is 6.92 Å². The summed E-state index contributed by atoms with van der Waals surface area (Å²) in [7, 11) is 1.54. The average molecular weight is 167 g/mol. The zero-order valence-electron chi connectivity index (χ0n) is 7.05. The highest BCUT2D eigenvalue weighted by atomic mass is 16.5. The van der Waals surface area contributed by atoms with Gasteiger partial charge in [0.15, 0.2) is 0 Å². The van der Waals surface area contributed by atoms with E-state index in [0.29, 0.717) is 11.9 Å². The number of allylic oxidation sites excluding steroid dienone is 2. The van der Waals surface area contributed by atoms with Crippen molar-refractivity contribution in [1.82, 2.24) is 10.6 Å². The highest BCUT2D eigenvalue weighted by molar-refractivity contribution is 5.75. The molecule has 4 nitrogen and oxygen atoms in total. The van der Waals surface area contributed by atoms with Gasteiger partial charge in [0, 0.05) is 14.0 Å². The summed E-state index contributed by atoms with van der Waals surface area (Å²) in [5.41, 5.74) is 0.646. The molecular formula is C8H11N2O2. The van der Waals surface area contributed by atoms with Crippen LogP contribution in [0.2, 0.25) is 0 Å². The van der Waals surface area contributed by atoms with Gasteiger partial charge in [-0.1, -0.05) is 0 Å². The summed E-state index contributed by atoms with van der Waals surface area (Å²) in [4.78, 5) is 10.7. The Balaban J connectivity index is 2.63. The van der Waals surface area contributed by atoms with E-state index in [-0.39, 0.29) is 5.91 Å². The van der Waals surface area contributed by atoms with Crippen LogP contribution >= 0.6 is 0 Å². The van der Waals surface area contributed by atoms with Gasteiger partial charge in [-0.15, -0.1) is 0 Å². The second-order valence-electron chi connectivity index (χ2n) is 2.30. The molecule has 1 aliphatic rings. The summed E-state index contributed by atoms with van der Waals surface area (Å²) in [5.74, 6) is -0.118. The van der Waals surface area contributed by atoms with E-state index in [9.17, 15) is 4.79 Å². The Morgan fingerprint density at radius 2 is 2.42 bits per heavy atom. The lowest BCUT2D eigenvalue weighted by Gasteiger charge is -2.19. The topological polar surface area (TPSA) is 50.4 Å². The van der Waals surface area contributed by atoms with E-state index in [0.717, 1.165) is 0 Å². The van der Waals surface area contributed by atoms with Crippen molar-refractivity contribution in [2.24, 2.45) is 0 Å². The van der Waals surface area contributed by atoms with Gasteiger partial charge in [-0.3, -0.25) is 4.79 Å². The Hall–Kier alpha value is -1.29. The molecule has 2 N–H and O–H groups in total. The molecule has 0 unspecified atom stereocenters. The van der Waals surface area contributed by atoms with Crippen LogP contribution in [0.4, 0.5) is 0 Å². The van der Waals surface area contributed by atoms with Crippen LogP contribution in [-0.4, -0.2) is 13.0 Å². The first-order chi connectivity index (χ1) is 5.74. The molecule has 0 atom stereocenters. The normalized spacial score (nSPS) is 16.7. The Morgan fingerprint density at radius 1 is 1.67 bits per heavy atom. The largest absolute Gasteiger partial charge is 0.354 e. The molecule has 0 aromatic rings. The maximum atomic E-state index is 10.7. The van der Waals surface area contributed by atoms with E-state index in [1.54, 1.807) is 18.4 Å². The third-order valence-corrected chi connectivity index (χ3v) is 1.33. The van der Waals surface area contributed by atoms with Crippen LogP contribution in [0.15, 0.2) is 24.0 Å². The molecule has 0 saturated carbocycles. The summed E-state index contributed by atoms with van der Waals surface area (Å²) < 4.78 is 4.98. The van der Waals surface area contributed by atoms with Crippen LogP contribution in [0, 0.1) is 6.23 Å². The van der Waals surface area contributed by atoms with Crippen molar-refractivity contribution in [3.8, 4) is 0 Å². The van der Waals surface area contributed by atoms with Crippen LogP contribution in [0.5, 0.6) is 0 Å². The highest BCUT2D eigenvalue weighted by Crippen LogP contribution is 2.11. The van der Waals surface area contributed by atoms with E-state index in [4.69, 9.17) is 4.74 Å². The minimum atomic E-state index is -0.118. The lowest BCUT2D eigenvalue weighted by Crippen LogP contribution is -2.32. The second-order valence-corrected chi connectivity index (χ2v) is 2.30. The van der Waals surface area contributed by atoms with Crippen LogP contribution in [0.3, 0.4) is 0 Å². The quantitative estimate of drug-likeness (QED) is 0.620. The monoisotopic (exact) mass is 167 g/mol. The van der Waals surface area contributed by atoms with Gasteiger partial charge in [-0.2, -0.15) is 0 Å². The fourth-order valence-electron chi connectivity index (χ4n) is 0.879. The van der Waals surface area contributed by atoms with Gasteiger partial charge in [0.1, 0.15) is 0 Å². The first kappa shape index (κ1) is 8.80. The molecular weight excluding hydrogens is 156 g/mol. The van der Waals surface area contributed by atoms with Gasteiger partial charge in [0.2, 0.25) is 12.1 Å². The maximum absolute atomic E-state index is 10.7. The Morgan fingerprint density at radius 3 is 3.00 bits per heavy atom. The third-order valence-electron chi connectivity index (χ3n) is 1.33. The predicted molar refractivity (Wildman–Crippen MR) is 44.4 cm³/mol. The number of hydrogen-bond acceptors (Lipinski definition) is 3. The van der Waals surface area contributed by atoms with Gasteiger partial charge in [-0.25, -0.2) is 0 Å². The van der Waals surface area contributed by atoms with Gasteiger partial charge >= 0.3 is 0 Å². The molecule has 1 radical (unpaired) electrons. The summed E-state index contributed by atoms with van der Waals surface area (Å²) in [6.07, 6.45) is 5.82. The lowest BCUT2D eigenvalue weighted by molar-refractivity contribution is -0.118. The zero-order valence-corrected chi connectivity index (χ0v) is 7.05. The van der Waals surface area contributed by atoms with Crippen molar-refractivity contribution < 1.29 is 9.53 Å². The smallest absolute Gasteiger partial charge is 0.234 e. The summed E-state index contributed by atoms with van der Waals surface area (Å²) in [6, 6.07) is 0. The highest BCUT2D eigenvalue weighted by Gasteiger charge is 2.16. The van der Waals surface area contributed by atoms with Crippen molar-refractivity contribution in [2.75, 3.05) is 7.11 Å². The first-order valence-corrected chi connectivity index (χ1v) is 3.56. The molecule has 0 fully saturated rings. The number of amides is 1.